The second-order valence-corrected chi connectivity index (χ2v) is 14.0. The number of hydrogen-bond donors (Lipinski definition) is 2. The van der Waals surface area contributed by atoms with Gasteiger partial charge in [-0.15, -0.1) is 0 Å². The molecular formula is C38H32INO8. The lowest BCUT2D eigenvalue weighted by molar-refractivity contribution is -0.142. The predicted molar refractivity (Wildman–Crippen MR) is 183 cm³/mol. The number of nitrogens with zero attached hydrogens (tertiary/aromatic N) is 1. The Bertz CT molecular complexity index is 1940. The number of amides is 2. The monoisotopic (exact) mass is 757 g/mol. The molecule has 4 aliphatic rings. The Morgan fingerprint density at radius 1 is 0.979 bits per heavy atom. The predicted octanol–water partition coefficient (Wildman–Crippen LogP) is 5.30. The van der Waals surface area contributed by atoms with Crippen molar-refractivity contribution in [2.75, 3.05) is 13.7 Å². The molecule has 9 nitrogen and oxygen atoms in total. The molecular weight excluding hydrogens is 725 g/mol. The number of benzene rings is 3. The van der Waals surface area contributed by atoms with Crippen LogP contribution in [0, 0.1) is 27.2 Å². The number of phenols is 1. The summed E-state index contributed by atoms with van der Waals surface area (Å²) in [5, 5.41) is 20.1. The second kappa shape index (κ2) is 12.1. The second-order valence-electron chi connectivity index (χ2n) is 12.8. The molecule has 3 aliphatic carbocycles. The first-order chi connectivity index (χ1) is 23.1. The SMILES string of the molecule is COc1cc([C@H]2C3=CC[C@@H]4C(=O)N(CCC(=O)O)C(=O)[C@@H]4[C@@H]3C[C@H]3C(=O)C(c4ccccc4)=CC(=O)[C@@]23c2ccccc2)cc(I)c1O. The van der Waals surface area contributed by atoms with Crippen molar-refractivity contribution in [2.45, 2.75) is 30.6 Å². The Morgan fingerprint density at radius 2 is 1.67 bits per heavy atom. The van der Waals surface area contributed by atoms with Gasteiger partial charge in [0.25, 0.3) is 0 Å². The van der Waals surface area contributed by atoms with Crippen LogP contribution in [-0.2, 0) is 29.4 Å². The van der Waals surface area contributed by atoms with Crippen molar-refractivity contribution in [2.24, 2.45) is 23.7 Å². The number of allylic oxidation sites excluding steroid dienone is 4. The Kier molecular flexibility index (Phi) is 8.09. The maximum atomic E-state index is 15.1. The first-order valence-corrected chi connectivity index (χ1v) is 16.9. The van der Waals surface area contributed by atoms with Crippen molar-refractivity contribution < 1.29 is 38.9 Å². The van der Waals surface area contributed by atoms with Gasteiger partial charge in [0.1, 0.15) is 0 Å². The fourth-order valence-corrected chi connectivity index (χ4v) is 9.28. The minimum atomic E-state index is -1.41. The average Bonchev–Trinajstić information content (AvgIpc) is 3.34. The zero-order chi connectivity index (χ0) is 33.9. The third kappa shape index (κ3) is 4.75. The number of aromatic hydroxyl groups is 1. The number of carbonyl (C=O) groups is 5. The van der Waals surface area contributed by atoms with Crippen LogP contribution in [0.4, 0.5) is 0 Å². The van der Waals surface area contributed by atoms with Gasteiger partial charge in [-0.1, -0.05) is 72.3 Å². The number of likely N-dealkylation sites (tertiary alicyclic amines) is 1. The van der Waals surface area contributed by atoms with E-state index in [-0.39, 0.29) is 48.9 Å². The summed E-state index contributed by atoms with van der Waals surface area (Å²) >= 11 is 2.01. The number of halogens is 1. The lowest BCUT2D eigenvalue weighted by Gasteiger charge is -2.55. The van der Waals surface area contributed by atoms with E-state index in [0.717, 1.165) is 10.5 Å². The van der Waals surface area contributed by atoms with Crippen LogP contribution in [0.25, 0.3) is 5.57 Å². The van der Waals surface area contributed by atoms with Crippen LogP contribution in [0.2, 0.25) is 0 Å². The molecule has 2 amide bonds. The van der Waals surface area contributed by atoms with E-state index >= 15 is 4.79 Å². The van der Waals surface area contributed by atoms with E-state index in [1.807, 2.05) is 77.2 Å². The normalized spacial score (nSPS) is 27.9. The molecule has 1 heterocycles. The first kappa shape index (κ1) is 32.0. The van der Waals surface area contributed by atoms with Gasteiger partial charge >= 0.3 is 5.97 Å². The van der Waals surface area contributed by atoms with E-state index in [0.29, 0.717) is 25.8 Å². The van der Waals surface area contributed by atoms with Crippen molar-refractivity contribution in [1.82, 2.24) is 4.90 Å². The van der Waals surface area contributed by atoms with Gasteiger partial charge in [-0.05, 0) is 76.2 Å². The van der Waals surface area contributed by atoms with Crippen molar-refractivity contribution in [3.05, 3.63) is 111 Å². The number of phenolic OH excluding ortho intramolecular Hbond substituents is 1. The van der Waals surface area contributed by atoms with Gasteiger partial charge in [0.15, 0.2) is 23.1 Å². The smallest absolute Gasteiger partial charge is 0.305 e. The summed E-state index contributed by atoms with van der Waals surface area (Å²) in [7, 11) is 1.44. The van der Waals surface area contributed by atoms with Crippen molar-refractivity contribution in [3.8, 4) is 11.5 Å². The van der Waals surface area contributed by atoms with Crippen LogP contribution >= 0.6 is 22.6 Å². The summed E-state index contributed by atoms with van der Waals surface area (Å²) in [5.41, 5.74) is 1.57. The van der Waals surface area contributed by atoms with Gasteiger partial charge in [0.05, 0.1) is 34.4 Å². The summed E-state index contributed by atoms with van der Waals surface area (Å²) < 4.78 is 6.05. The quantitative estimate of drug-likeness (QED) is 0.188. The highest BCUT2D eigenvalue weighted by Crippen LogP contribution is 2.64. The molecule has 0 aromatic heterocycles. The molecule has 7 rings (SSSR count). The number of Topliss-reactive ketones (excluding diaryl/α,β-unsaturated/α-hetero) is 1. The number of fused-ring (bicyclic) bond motifs is 4. The van der Waals surface area contributed by atoms with E-state index in [4.69, 9.17) is 4.74 Å². The van der Waals surface area contributed by atoms with Gasteiger partial charge in [-0.3, -0.25) is 28.9 Å². The molecule has 3 aromatic carbocycles. The minimum Gasteiger partial charge on any atom is -0.504 e. The highest BCUT2D eigenvalue weighted by Gasteiger charge is 2.66. The van der Waals surface area contributed by atoms with Crippen LogP contribution < -0.4 is 4.74 Å². The molecule has 1 saturated carbocycles. The van der Waals surface area contributed by atoms with Crippen LogP contribution in [-0.4, -0.2) is 58.1 Å². The largest absolute Gasteiger partial charge is 0.504 e. The summed E-state index contributed by atoms with van der Waals surface area (Å²) in [6.45, 7) is -0.228. The highest BCUT2D eigenvalue weighted by molar-refractivity contribution is 14.1. The molecule has 1 aliphatic heterocycles. The van der Waals surface area contributed by atoms with Gasteiger partial charge in [0.2, 0.25) is 11.8 Å². The van der Waals surface area contributed by atoms with E-state index in [2.05, 4.69) is 0 Å². The number of carboxylic acids is 1. The van der Waals surface area contributed by atoms with Gasteiger partial charge < -0.3 is 14.9 Å². The maximum Gasteiger partial charge on any atom is 0.305 e. The van der Waals surface area contributed by atoms with Crippen molar-refractivity contribution >= 4 is 57.5 Å². The molecule has 2 N–H and O–H groups in total. The molecule has 10 heteroatoms. The molecule has 48 heavy (non-hydrogen) atoms. The zero-order valence-electron chi connectivity index (χ0n) is 26.0. The Labute approximate surface area is 290 Å². The van der Waals surface area contributed by atoms with Crippen molar-refractivity contribution in [3.63, 3.8) is 0 Å². The number of imide groups is 1. The van der Waals surface area contributed by atoms with Crippen LogP contribution in [0.5, 0.6) is 11.5 Å². The molecule has 1 saturated heterocycles. The molecule has 0 unspecified atom stereocenters. The summed E-state index contributed by atoms with van der Waals surface area (Å²) in [6.07, 6.45) is 3.42. The van der Waals surface area contributed by atoms with Crippen LogP contribution in [0.15, 0.2) is 90.5 Å². The molecule has 0 spiro atoms. The lowest BCUT2D eigenvalue weighted by Crippen LogP contribution is -2.58. The number of aliphatic carboxylic acids is 1. The third-order valence-electron chi connectivity index (χ3n) is 10.6. The van der Waals surface area contributed by atoms with Gasteiger partial charge in [-0.2, -0.15) is 0 Å². The summed E-state index contributed by atoms with van der Waals surface area (Å²) in [4.78, 5) is 70.1. The van der Waals surface area contributed by atoms with E-state index < -0.39 is 52.8 Å². The van der Waals surface area contributed by atoms with Crippen molar-refractivity contribution in [1.29, 1.82) is 0 Å². The number of ether oxygens (including phenoxy) is 1. The number of ketones is 2. The van der Waals surface area contributed by atoms with E-state index in [1.165, 1.54) is 13.2 Å². The highest BCUT2D eigenvalue weighted by atomic mass is 127. The molecule has 6 atom stereocenters. The average molecular weight is 758 g/mol. The van der Waals surface area contributed by atoms with Gasteiger partial charge in [0, 0.05) is 24.0 Å². The van der Waals surface area contributed by atoms with Gasteiger partial charge in [-0.25, -0.2) is 0 Å². The standard InChI is InChI=1S/C38H32INO8/c1-48-29-17-21(16-28(39)35(29)45)33-23-12-13-24-32(37(47)40(36(24)46)15-14-31(42)43)26(23)18-27-34(44)25(20-8-4-2-5-9-20)19-30(41)38(27,33)22-10-6-3-7-11-22/h2-12,16-17,19,24,26-27,32-33,45H,13-15,18H2,1H3,(H,42,43)/t24-,26+,27-,32-,33-,38-/m0/s1. The number of carboxylic acid groups (broad SMARTS) is 1. The fraction of sp³-hybridized carbons (Fsp3) is 0.289. The summed E-state index contributed by atoms with van der Waals surface area (Å²) in [6, 6.07) is 21.8. The lowest BCUT2D eigenvalue weighted by atomic mass is 9.44. The molecule has 0 radical (unpaired) electrons. The Balaban J connectivity index is 1.49. The maximum absolute atomic E-state index is 15.1. The zero-order valence-corrected chi connectivity index (χ0v) is 28.1. The number of hydrogen-bond acceptors (Lipinski definition) is 7. The molecule has 244 valence electrons. The topological polar surface area (TPSA) is 138 Å². The first-order valence-electron chi connectivity index (χ1n) is 15.8. The number of carbonyl (C=O) groups excluding carboxylic acids is 4. The van der Waals surface area contributed by atoms with E-state index in [9.17, 15) is 29.4 Å². The minimum absolute atomic E-state index is 0.0554. The van der Waals surface area contributed by atoms with Crippen LogP contribution in [0.1, 0.15) is 41.9 Å². The Hall–Kier alpha value is -4.58. The summed E-state index contributed by atoms with van der Waals surface area (Å²) in [5.74, 6) is -6.04. The molecule has 3 aromatic rings. The van der Waals surface area contributed by atoms with E-state index in [1.54, 1.807) is 24.3 Å². The number of rotatable bonds is 7. The Morgan fingerprint density at radius 3 is 2.33 bits per heavy atom. The third-order valence-corrected chi connectivity index (χ3v) is 11.4. The molecule has 0 bridgehead atoms. The van der Waals surface area contributed by atoms with Crippen LogP contribution in [0.3, 0.4) is 0 Å². The number of methoxy groups -OCH3 is 1. The fourth-order valence-electron chi connectivity index (χ4n) is 8.66. The molecule has 2 fully saturated rings.